The van der Waals surface area contributed by atoms with Gasteiger partial charge in [-0.3, -0.25) is 0 Å². The molecule has 2 aliphatic rings. The third kappa shape index (κ3) is 4.66. The Morgan fingerprint density at radius 2 is 1.94 bits per heavy atom. The van der Waals surface area contributed by atoms with Gasteiger partial charge in [0.05, 0.1) is 19.3 Å². The van der Waals surface area contributed by atoms with Crippen LogP contribution < -0.4 is 20.3 Å². The van der Waals surface area contributed by atoms with E-state index in [9.17, 15) is 4.79 Å². The molecule has 0 spiro atoms. The molecule has 0 radical (unpaired) electrons. The molecule has 5 rings (SSSR count). The number of rotatable bonds is 7. The Kier molecular flexibility index (Phi) is 6.28. The number of urea groups is 1. The molecule has 11 nitrogen and oxygen atoms in total. The molecule has 2 fully saturated rings. The fraction of sp³-hybridized carbons (Fsp3) is 0.391. The van der Waals surface area contributed by atoms with Crippen molar-refractivity contribution in [2.24, 2.45) is 0 Å². The smallest absolute Gasteiger partial charge is 0.341 e. The number of carbonyl (C=O) groups is 1. The summed E-state index contributed by atoms with van der Waals surface area (Å²) < 4.78 is 19.6. The van der Waals surface area contributed by atoms with Gasteiger partial charge >= 0.3 is 12.0 Å². The van der Waals surface area contributed by atoms with E-state index in [4.69, 9.17) is 14.2 Å². The number of aromatic nitrogens is 4. The van der Waals surface area contributed by atoms with E-state index in [1.165, 1.54) is 0 Å². The van der Waals surface area contributed by atoms with Crippen LogP contribution in [0.2, 0.25) is 0 Å². The number of anilines is 1. The van der Waals surface area contributed by atoms with E-state index < -0.39 is 0 Å². The van der Waals surface area contributed by atoms with E-state index in [1.807, 2.05) is 73.6 Å². The van der Waals surface area contributed by atoms with Crippen molar-refractivity contribution in [3.05, 3.63) is 60.2 Å². The molecule has 3 heterocycles. The van der Waals surface area contributed by atoms with Crippen molar-refractivity contribution in [2.75, 3.05) is 32.2 Å². The normalized spacial score (nSPS) is 23.4. The first-order valence-electron chi connectivity index (χ1n) is 11.1. The Balaban J connectivity index is 1.21. The van der Waals surface area contributed by atoms with Crippen LogP contribution in [0.15, 0.2) is 54.6 Å². The van der Waals surface area contributed by atoms with Crippen LogP contribution in [-0.2, 0) is 16.0 Å². The molecular formula is C23H27N7O4. The predicted octanol–water partition coefficient (Wildman–Crippen LogP) is 1.74. The Bertz CT molecular complexity index is 1120. The van der Waals surface area contributed by atoms with Gasteiger partial charge in [0, 0.05) is 32.4 Å². The third-order valence-electron chi connectivity index (χ3n) is 5.96. The quantitative estimate of drug-likeness (QED) is 0.542. The maximum absolute atomic E-state index is 12.4. The zero-order chi connectivity index (χ0) is 23.5. The number of hydrogen-bond donors (Lipinski definition) is 2. The Labute approximate surface area is 197 Å². The molecule has 34 heavy (non-hydrogen) atoms. The van der Waals surface area contributed by atoms with Gasteiger partial charge in [-0.05, 0) is 28.1 Å². The summed E-state index contributed by atoms with van der Waals surface area (Å²) in [6.07, 6.45) is -0.611. The number of amides is 2. The third-order valence-corrected chi connectivity index (χ3v) is 5.96. The van der Waals surface area contributed by atoms with Crippen molar-refractivity contribution >= 4 is 11.7 Å². The fourth-order valence-electron chi connectivity index (χ4n) is 4.20. The minimum atomic E-state index is -0.307. The SMILES string of the molecule is CN(C)c1cccc(Oc2nnnn2[C@H]2CO[C@H]3[C@@H]2OC[C@@H]3NC(=O)NCc2ccccc2)c1. The summed E-state index contributed by atoms with van der Waals surface area (Å²) in [5.74, 6) is 0.625. The number of nitrogens with one attached hydrogen (secondary N) is 2. The lowest BCUT2D eigenvalue weighted by molar-refractivity contribution is 0.0613. The molecule has 2 saturated heterocycles. The van der Waals surface area contributed by atoms with Crippen LogP contribution in [0.4, 0.5) is 10.5 Å². The lowest BCUT2D eigenvalue weighted by atomic mass is 10.1. The van der Waals surface area contributed by atoms with E-state index in [-0.39, 0.29) is 36.3 Å². The summed E-state index contributed by atoms with van der Waals surface area (Å²) in [6, 6.07) is 16.8. The molecule has 178 valence electrons. The van der Waals surface area contributed by atoms with Crippen molar-refractivity contribution < 1.29 is 19.0 Å². The molecule has 0 aliphatic carbocycles. The zero-order valence-electron chi connectivity index (χ0n) is 19.0. The van der Waals surface area contributed by atoms with Crippen molar-refractivity contribution in [3.8, 4) is 11.8 Å². The summed E-state index contributed by atoms with van der Waals surface area (Å²) >= 11 is 0. The predicted molar refractivity (Wildman–Crippen MR) is 123 cm³/mol. The zero-order valence-corrected chi connectivity index (χ0v) is 19.0. The van der Waals surface area contributed by atoms with E-state index in [1.54, 1.807) is 4.68 Å². The van der Waals surface area contributed by atoms with E-state index in [2.05, 4.69) is 26.2 Å². The number of hydrogen-bond acceptors (Lipinski definition) is 8. The van der Waals surface area contributed by atoms with Crippen molar-refractivity contribution in [3.63, 3.8) is 0 Å². The maximum Gasteiger partial charge on any atom is 0.341 e. The summed E-state index contributed by atoms with van der Waals surface area (Å²) in [4.78, 5) is 14.4. The largest absolute Gasteiger partial charge is 0.423 e. The highest BCUT2D eigenvalue weighted by Gasteiger charge is 2.50. The maximum atomic E-state index is 12.4. The van der Waals surface area contributed by atoms with Gasteiger partial charge in [0.1, 0.15) is 24.0 Å². The first-order chi connectivity index (χ1) is 16.6. The van der Waals surface area contributed by atoms with Crippen molar-refractivity contribution in [2.45, 2.75) is 30.8 Å². The molecule has 11 heteroatoms. The number of fused-ring (bicyclic) bond motifs is 1. The lowest BCUT2D eigenvalue weighted by Crippen LogP contribution is -2.48. The van der Waals surface area contributed by atoms with Gasteiger partial charge in [0.15, 0.2) is 0 Å². The van der Waals surface area contributed by atoms with Crippen molar-refractivity contribution in [1.29, 1.82) is 0 Å². The van der Waals surface area contributed by atoms with Crippen LogP contribution in [0.3, 0.4) is 0 Å². The summed E-state index contributed by atoms with van der Waals surface area (Å²) in [7, 11) is 3.92. The molecule has 2 N–H and O–H groups in total. The van der Waals surface area contributed by atoms with Gasteiger partial charge in [-0.2, -0.15) is 4.68 Å². The average molecular weight is 466 g/mol. The second-order valence-electron chi connectivity index (χ2n) is 8.48. The van der Waals surface area contributed by atoms with Gasteiger partial charge in [0.25, 0.3) is 0 Å². The van der Waals surface area contributed by atoms with Crippen LogP contribution in [0.25, 0.3) is 0 Å². The molecule has 1 aromatic heterocycles. The van der Waals surface area contributed by atoms with Crippen LogP contribution >= 0.6 is 0 Å². The van der Waals surface area contributed by atoms with E-state index in [0.717, 1.165) is 11.3 Å². The van der Waals surface area contributed by atoms with Gasteiger partial charge in [0.2, 0.25) is 0 Å². The van der Waals surface area contributed by atoms with Crippen molar-refractivity contribution in [1.82, 2.24) is 30.8 Å². The van der Waals surface area contributed by atoms with Gasteiger partial charge in [-0.1, -0.05) is 41.5 Å². The molecule has 0 unspecified atom stereocenters. The minimum Gasteiger partial charge on any atom is -0.423 e. The molecule has 2 amide bonds. The molecule has 0 bridgehead atoms. The highest BCUT2D eigenvalue weighted by Crippen LogP contribution is 2.36. The summed E-state index contributed by atoms with van der Waals surface area (Å²) in [5.41, 5.74) is 2.03. The monoisotopic (exact) mass is 465 g/mol. The van der Waals surface area contributed by atoms with Crippen LogP contribution in [0.5, 0.6) is 11.8 Å². The van der Waals surface area contributed by atoms with Gasteiger partial charge in [-0.25, -0.2) is 4.79 Å². The minimum absolute atomic E-state index is 0.255. The number of ether oxygens (including phenoxy) is 3. The second kappa shape index (κ2) is 9.65. The number of nitrogens with zero attached hydrogens (tertiary/aromatic N) is 5. The van der Waals surface area contributed by atoms with Gasteiger partial charge in [-0.15, -0.1) is 0 Å². The number of tetrazole rings is 1. The van der Waals surface area contributed by atoms with Crippen LogP contribution in [-0.4, -0.2) is 71.8 Å². The van der Waals surface area contributed by atoms with E-state index in [0.29, 0.717) is 25.5 Å². The number of carbonyl (C=O) groups excluding carboxylic acids is 1. The highest BCUT2D eigenvalue weighted by molar-refractivity contribution is 5.74. The fourth-order valence-corrected chi connectivity index (χ4v) is 4.20. The number of benzene rings is 2. The first-order valence-corrected chi connectivity index (χ1v) is 11.1. The summed E-state index contributed by atoms with van der Waals surface area (Å²) in [6.45, 7) is 1.13. The molecule has 0 saturated carbocycles. The second-order valence-corrected chi connectivity index (χ2v) is 8.48. The summed E-state index contributed by atoms with van der Waals surface area (Å²) in [5, 5.41) is 17.8. The van der Waals surface area contributed by atoms with Crippen LogP contribution in [0, 0.1) is 0 Å². The molecule has 2 aliphatic heterocycles. The lowest BCUT2D eigenvalue weighted by Gasteiger charge is -2.18. The molecular weight excluding hydrogens is 438 g/mol. The van der Waals surface area contributed by atoms with E-state index >= 15 is 0 Å². The Hall–Kier alpha value is -3.70. The highest BCUT2D eigenvalue weighted by atomic mass is 16.6. The average Bonchev–Trinajstić information content (AvgIpc) is 3.56. The Morgan fingerprint density at radius 1 is 1.12 bits per heavy atom. The van der Waals surface area contributed by atoms with Gasteiger partial charge < -0.3 is 29.7 Å². The topological polar surface area (TPSA) is 116 Å². The first kappa shape index (κ1) is 22.1. The molecule has 2 aromatic carbocycles. The Morgan fingerprint density at radius 3 is 2.76 bits per heavy atom. The molecule has 4 atom stereocenters. The standard InChI is InChI=1S/C23H27N7O4/c1-29(2)16-9-6-10-17(11-16)34-23-26-27-28-30(23)19-14-33-20-18(13-32-21(19)20)25-22(31)24-12-15-7-4-3-5-8-15/h3-11,18-21H,12-14H2,1-2H3,(H2,24,25,31)/t18-,19-,20+,21+/m0/s1. The van der Waals surface area contributed by atoms with Crippen LogP contribution in [0.1, 0.15) is 11.6 Å². The molecule has 3 aromatic rings.